The van der Waals surface area contributed by atoms with Gasteiger partial charge in [0.15, 0.2) is 5.16 Å². The van der Waals surface area contributed by atoms with E-state index < -0.39 is 0 Å². The lowest BCUT2D eigenvalue weighted by Gasteiger charge is -2.03. The molecule has 0 aliphatic heterocycles. The Hall–Kier alpha value is -1.26. The SMILES string of the molecule is Cc1cnc(SCc2ccc(Cl)c(N)c2)nc1. The van der Waals surface area contributed by atoms with Crippen LogP contribution < -0.4 is 5.73 Å². The Morgan fingerprint density at radius 1 is 1.29 bits per heavy atom. The highest BCUT2D eigenvalue weighted by molar-refractivity contribution is 7.98. The normalized spacial score (nSPS) is 10.5. The van der Waals surface area contributed by atoms with Crippen LogP contribution in [0.3, 0.4) is 0 Å². The lowest BCUT2D eigenvalue weighted by atomic mass is 10.2. The number of thioether (sulfide) groups is 1. The van der Waals surface area contributed by atoms with Crippen LogP contribution in [0.25, 0.3) is 0 Å². The molecular formula is C12H12ClN3S. The molecule has 0 aliphatic rings. The quantitative estimate of drug-likeness (QED) is 0.526. The van der Waals surface area contributed by atoms with Gasteiger partial charge < -0.3 is 5.73 Å². The first kappa shape index (κ1) is 12.2. The number of halogens is 1. The third-order valence-electron chi connectivity index (χ3n) is 2.19. The van der Waals surface area contributed by atoms with Crippen molar-refractivity contribution in [2.45, 2.75) is 17.8 Å². The van der Waals surface area contributed by atoms with E-state index >= 15 is 0 Å². The Labute approximate surface area is 109 Å². The van der Waals surface area contributed by atoms with Crippen molar-refractivity contribution in [3.05, 3.63) is 46.7 Å². The van der Waals surface area contributed by atoms with Crippen LogP contribution in [0.2, 0.25) is 5.02 Å². The lowest BCUT2D eigenvalue weighted by Crippen LogP contribution is -1.91. The zero-order valence-electron chi connectivity index (χ0n) is 9.35. The molecular weight excluding hydrogens is 254 g/mol. The van der Waals surface area contributed by atoms with Gasteiger partial charge >= 0.3 is 0 Å². The van der Waals surface area contributed by atoms with Crippen LogP contribution >= 0.6 is 23.4 Å². The molecule has 88 valence electrons. The molecule has 0 saturated heterocycles. The van der Waals surface area contributed by atoms with Gasteiger partial charge in [0.25, 0.3) is 0 Å². The first-order valence-corrected chi connectivity index (χ1v) is 6.47. The van der Waals surface area contributed by atoms with Crippen LogP contribution in [0, 0.1) is 6.92 Å². The highest BCUT2D eigenvalue weighted by Gasteiger charge is 2.01. The van der Waals surface area contributed by atoms with Gasteiger partial charge in [-0.1, -0.05) is 29.4 Å². The minimum Gasteiger partial charge on any atom is -0.398 e. The van der Waals surface area contributed by atoms with Gasteiger partial charge in [-0.05, 0) is 30.2 Å². The van der Waals surface area contributed by atoms with Crippen LogP contribution in [-0.4, -0.2) is 9.97 Å². The number of aryl methyl sites for hydroxylation is 1. The predicted octanol–water partition coefficient (Wildman–Crippen LogP) is 3.31. The Morgan fingerprint density at radius 3 is 2.65 bits per heavy atom. The average Bonchev–Trinajstić information content (AvgIpc) is 2.33. The summed E-state index contributed by atoms with van der Waals surface area (Å²) >= 11 is 7.43. The van der Waals surface area contributed by atoms with Gasteiger partial charge in [0.05, 0.1) is 10.7 Å². The Bertz CT molecular complexity index is 514. The van der Waals surface area contributed by atoms with Gasteiger partial charge in [-0.2, -0.15) is 0 Å². The van der Waals surface area contributed by atoms with Gasteiger partial charge in [-0.15, -0.1) is 0 Å². The number of rotatable bonds is 3. The van der Waals surface area contributed by atoms with Gasteiger partial charge in [0.1, 0.15) is 0 Å². The maximum absolute atomic E-state index is 5.86. The number of hydrogen-bond donors (Lipinski definition) is 1. The van der Waals surface area contributed by atoms with E-state index in [9.17, 15) is 0 Å². The molecule has 0 amide bonds. The molecule has 1 aromatic heterocycles. The first-order valence-electron chi connectivity index (χ1n) is 5.10. The van der Waals surface area contributed by atoms with E-state index in [2.05, 4.69) is 9.97 Å². The van der Waals surface area contributed by atoms with Gasteiger partial charge in [0.2, 0.25) is 0 Å². The van der Waals surface area contributed by atoms with Gasteiger partial charge in [-0.3, -0.25) is 0 Å². The number of anilines is 1. The Kier molecular flexibility index (Phi) is 3.86. The van der Waals surface area contributed by atoms with Crippen LogP contribution in [0.1, 0.15) is 11.1 Å². The molecule has 0 fully saturated rings. The van der Waals surface area contributed by atoms with Crippen LogP contribution in [0.4, 0.5) is 5.69 Å². The highest BCUT2D eigenvalue weighted by atomic mass is 35.5. The molecule has 0 aliphatic carbocycles. The summed E-state index contributed by atoms with van der Waals surface area (Å²) in [6.07, 6.45) is 3.62. The summed E-state index contributed by atoms with van der Waals surface area (Å²) in [6, 6.07) is 5.65. The van der Waals surface area contributed by atoms with Gasteiger partial charge in [-0.25, -0.2) is 9.97 Å². The number of nitrogen functional groups attached to an aromatic ring is 1. The van der Waals surface area contributed by atoms with Crippen molar-refractivity contribution in [3.63, 3.8) is 0 Å². The second-order valence-corrected chi connectivity index (χ2v) is 5.04. The summed E-state index contributed by atoms with van der Waals surface area (Å²) in [7, 11) is 0. The zero-order valence-corrected chi connectivity index (χ0v) is 10.9. The maximum atomic E-state index is 5.86. The summed E-state index contributed by atoms with van der Waals surface area (Å²) in [6.45, 7) is 1.97. The average molecular weight is 266 g/mol. The van der Waals surface area contributed by atoms with Crippen molar-refractivity contribution in [1.82, 2.24) is 9.97 Å². The van der Waals surface area contributed by atoms with E-state index in [1.165, 1.54) is 0 Å². The van der Waals surface area contributed by atoms with Crippen molar-refractivity contribution >= 4 is 29.1 Å². The molecule has 0 atom stereocenters. The molecule has 0 unspecified atom stereocenters. The molecule has 5 heteroatoms. The lowest BCUT2D eigenvalue weighted by molar-refractivity contribution is 0.949. The summed E-state index contributed by atoms with van der Waals surface area (Å²) in [5.41, 5.74) is 8.52. The molecule has 0 radical (unpaired) electrons. The standard InChI is InChI=1S/C12H12ClN3S/c1-8-5-15-12(16-6-8)17-7-9-2-3-10(13)11(14)4-9/h2-6H,7,14H2,1H3. The van der Waals surface area contributed by atoms with Crippen molar-refractivity contribution in [3.8, 4) is 0 Å². The van der Waals surface area contributed by atoms with Crippen LogP contribution in [0.15, 0.2) is 35.7 Å². The number of hydrogen-bond acceptors (Lipinski definition) is 4. The monoisotopic (exact) mass is 265 g/mol. The largest absolute Gasteiger partial charge is 0.398 e. The molecule has 2 rings (SSSR count). The van der Waals surface area contributed by atoms with Crippen LogP contribution in [0.5, 0.6) is 0 Å². The van der Waals surface area contributed by atoms with E-state index in [0.717, 1.165) is 22.0 Å². The van der Waals surface area contributed by atoms with Crippen molar-refractivity contribution < 1.29 is 0 Å². The second-order valence-electron chi connectivity index (χ2n) is 3.69. The molecule has 0 bridgehead atoms. The van der Waals surface area contributed by atoms with E-state index in [1.54, 1.807) is 11.8 Å². The maximum Gasteiger partial charge on any atom is 0.187 e. The van der Waals surface area contributed by atoms with Crippen LogP contribution in [-0.2, 0) is 5.75 Å². The molecule has 0 spiro atoms. The fraction of sp³-hybridized carbons (Fsp3) is 0.167. The summed E-state index contributed by atoms with van der Waals surface area (Å²) < 4.78 is 0. The minimum absolute atomic E-state index is 0.588. The molecule has 1 aromatic carbocycles. The molecule has 17 heavy (non-hydrogen) atoms. The predicted molar refractivity (Wildman–Crippen MR) is 72.2 cm³/mol. The summed E-state index contributed by atoms with van der Waals surface area (Å²) in [4.78, 5) is 8.46. The van der Waals surface area contributed by atoms with Gasteiger partial charge in [0, 0.05) is 18.1 Å². The number of aromatic nitrogens is 2. The molecule has 3 nitrogen and oxygen atoms in total. The summed E-state index contributed by atoms with van der Waals surface area (Å²) in [5, 5.41) is 1.36. The first-order chi connectivity index (χ1) is 8.15. The number of nitrogens with two attached hydrogens (primary N) is 1. The van der Waals surface area contributed by atoms with E-state index in [0.29, 0.717) is 10.7 Å². The molecule has 0 saturated carbocycles. The molecule has 1 heterocycles. The fourth-order valence-corrected chi connectivity index (χ4v) is 2.13. The molecule has 2 aromatic rings. The second kappa shape index (κ2) is 5.38. The number of nitrogens with zero attached hydrogens (tertiary/aromatic N) is 2. The Morgan fingerprint density at radius 2 is 2.00 bits per heavy atom. The smallest absolute Gasteiger partial charge is 0.187 e. The Balaban J connectivity index is 2.02. The topological polar surface area (TPSA) is 51.8 Å². The van der Waals surface area contributed by atoms with E-state index in [-0.39, 0.29) is 0 Å². The zero-order chi connectivity index (χ0) is 12.3. The number of benzene rings is 1. The fourth-order valence-electron chi connectivity index (χ4n) is 1.29. The third kappa shape index (κ3) is 3.35. The van der Waals surface area contributed by atoms with E-state index in [4.69, 9.17) is 17.3 Å². The summed E-state index contributed by atoms with van der Waals surface area (Å²) in [5.74, 6) is 0.782. The van der Waals surface area contributed by atoms with Crippen molar-refractivity contribution in [2.75, 3.05) is 5.73 Å². The minimum atomic E-state index is 0.588. The van der Waals surface area contributed by atoms with Crippen molar-refractivity contribution in [2.24, 2.45) is 0 Å². The molecule has 2 N–H and O–H groups in total. The van der Waals surface area contributed by atoms with E-state index in [1.807, 2.05) is 37.5 Å². The highest BCUT2D eigenvalue weighted by Crippen LogP contribution is 2.24. The van der Waals surface area contributed by atoms with Crippen molar-refractivity contribution in [1.29, 1.82) is 0 Å². The third-order valence-corrected chi connectivity index (χ3v) is 3.48.